The van der Waals surface area contributed by atoms with E-state index in [1.165, 1.54) is 19.4 Å². The monoisotopic (exact) mass is 237 g/mol. The summed E-state index contributed by atoms with van der Waals surface area (Å²) in [5.74, 6) is 0.797. The Hall–Kier alpha value is -0.940. The maximum Gasteiger partial charge on any atom is 0.0967 e. The molecule has 5 heteroatoms. The van der Waals surface area contributed by atoms with Gasteiger partial charge in [0.1, 0.15) is 0 Å². The van der Waals surface area contributed by atoms with Gasteiger partial charge in [-0.05, 0) is 25.7 Å². The molecular formula is C12H23N5. The second kappa shape index (κ2) is 5.60. The molecule has 0 aliphatic carbocycles. The maximum absolute atomic E-state index is 5.50. The summed E-state index contributed by atoms with van der Waals surface area (Å²) in [6.07, 6.45) is 4.65. The molecule has 0 aromatic carbocycles. The zero-order valence-corrected chi connectivity index (χ0v) is 10.8. The molecule has 0 radical (unpaired) electrons. The predicted octanol–water partition coefficient (Wildman–Crippen LogP) is 0.857. The number of nitrogens with zero attached hydrogens (tertiary/aromatic N) is 4. The molecule has 2 N–H and O–H groups in total. The van der Waals surface area contributed by atoms with Crippen molar-refractivity contribution in [3.63, 3.8) is 0 Å². The first-order valence-corrected chi connectivity index (χ1v) is 6.52. The van der Waals surface area contributed by atoms with Crippen LogP contribution in [0.3, 0.4) is 0 Å². The van der Waals surface area contributed by atoms with Gasteiger partial charge in [-0.15, -0.1) is 5.10 Å². The van der Waals surface area contributed by atoms with Gasteiger partial charge in [-0.3, -0.25) is 9.58 Å². The molecule has 0 saturated carbocycles. The summed E-state index contributed by atoms with van der Waals surface area (Å²) < 4.78 is 1.83. The van der Waals surface area contributed by atoms with Crippen molar-refractivity contribution in [2.75, 3.05) is 13.1 Å². The number of piperidine rings is 1. The Morgan fingerprint density at radius 1 is 1.41 bits per heavy atom. The van der Waals surface area contributed by atoms with Gasteiger partial charge in [0, 0.05) is 31.9 Å². The number of hydrogen-bond acceptors (Lipinski definition) is 4. The first-order valence-electron chi connectivity index (χ1n) is 6.52. The van der Waals surface area contributed by atoms with Gasteiger partial charge in [-0.1, -0.05) is 12.1 Å². The average molecular weight is 237 g/mol. The number of likely N-dealkylation sites (tertiary alicyclic amines) is 1. The Bertz CT molecular complexity index is 348. The molecule has 2 rings (SSSR count). The van der Waals surface area contributed by atoms with Crippen molar-refractivity contribution < 1.29 is 0 Å². The fraction of sp³-hybridized carbons (Fsp3) is 0.833. The third kappa shape index (κ3) is 3.26. The smallest absolute Gasteiger partial charge is 0.0967 e. The second-order valence-corrected chi connectivity index (χ2v) is 5.22. The maximum atomic E-state index is 5.50. The first-order chi connectivity index (χ1) is 8.19. The van der Waals surface area contributed by atoms with E-state index in [1.807, 2.05) is 10.9 Å². The van der Waals surface area contributed by atoms with E-state index in [9.17, 15) is 0 Å². The fourth-order valence-electron chi connectivity index (χ4n) is 2.46. The van der Waals surface area contributed by atoms with Crippen LogP contribution in [0.1, 0.15) is 32.4 Å². The van der Waals surface area contributed by atoms with Crippen LogP contribution in [-0.2, 0) is 13.1 Å². The third-order valence-electron chi connectivity index (χ3n) is 3.56. The molecular weight excluding hydrogens is 214 g/mol. The van der Waals surface area contributed by atoms with Crippen LogP contribution in [0.15, 0.2) is 6.20 Å². The zero-order chi connectivity index (χ0) is 12.3. The highest BCUT2D eigenvalue weighted by Gasteiger charge is 2.23. The largest absolute Gasteiger partial charge is 0.329 e. The molecule has 1 fully saturated rings. The summed E-state index contributed by atoms with van der Waals surface area (Å²) >= 11 is 0. The molecule has 0 amide bonds. The van der Waals surface area contributed by atoms with Gasteiger partial charge in [0.2, 0.25) is 0 Å². The summed E-state index contributed by atoms with van der Waals surface area (Å²) in [6, 6.07) is 0.658. The molecule has 96 valence electrons. The van der Waals surface area contributed by atoms with E-state index < -0.39 is 0 Å². The molecule has 1 aromatic rings. The summed E-state index contributed by atoms with van der Waals surface area (Å²) in [4.78, 5) is 2.50. The molecule has 2 unspecified atom stereocenters. The molecule has 2 heterocycles. The zero-order valence-electron chi connectivity index (χ0n) is 10.8. The van der Waals surface area contributed by atoms with Crippen molar-refractivity contribution in [3.05, 3.63) is 11.9 Å². The van der Waals surface area contributed by atoms with E-state index in [-0.39, 0.29) is 0 Å². The van der Waals surface area contributed by atoms with Crippen LogP contribution < -0.4 is 5.73 Å². The molecule has 1 aliphatic heterocycles. The van der Waals surface area contributed by atoms with E-state index in [4.69, 9.17) is 5.73 Å². The summed E-state index contributed by atoms with van der Waals surface area (Å²) in [6.45, 7) is 8.07. The lowest BCUT2D eigenvalue weighted by Crippen LogP contribution is -2.40. The van der Waals surface area contributed by atoms with Crippen LogP contribution in [0, 0.1) is 5.92 Å². The lowest BCUT2D eigenvalue weighted by molar-refractivity contribution is 0.116. The van der Waals surface area contributed by atoms with Crippen LogP contribution in [0.4, 0.5) is 0 Å². The van der Waals surface area contributed by atoms with Crippen LogP contribution in [-0.4, -0.2) is 39.0 Å². The number of nitrogens with two attached hydrogens (primary N) is 1. The van der Waals surface area contributed by atoms with Crippen LogP contribution >= 0.6 is 0 Å². The van der Waals surface area contributed by atoms with Gasteiger partial charge in [-0.2, -0.15) is 0 Å². The molecule has 1 aromatic heterocycles. The topological polar surface area (TPSA) is 60.0 Å². The number of hydrogen-bond donors (Lipinski definition) is 1. The van der Waals surface area contributed by atoms with Gasteiger partial charge >= 0.3 is 0 Å². The Kier molecular flexibility index (Phi) is 4.12. The van der Waals surface area contributed by atoms with Crippen molar-refractivity contribution in [1.29, 1.82) is 0 Å². The van der Waals surface area contributed by atoms with E-state index in [1.54, 1.807) is 0 Å². The van der Waals surface area contributed by atoms with Crippen LogP contribution in [0.25, 0.3) is 0 Å². The summed E-state index contributed by atoms with van der Waals surface area (Å²) in [5.41, 5.74) is 6.55. The third-order valence-corrected chi connectivity index (χ3v) is 3.56. The standard InChI is InChI=1S/C12H23N5/c1-10-3-4-11(2)16(7-10)8-12-9-17(6-5-13)15-14-12/h9-11H,3-8,13H2,1-2H3. The van der Waals surface area contributed by atoms with Crippen molar-refractivity contribution >= 4 is 0 Å². The van der Waals surface area contributed by atoms with Gasteiger partial charge in [0.25, 0.3) is 0 Å². The van der Waals surface area contributed by atoms with Gasteiger partial charge in [-0.25, -0.2) is 0 Å². The molecule has 1 saturated heterocycles. The fourth-order valence-corrected chi connectivity index (χ4v) is 2.46. The summed E-state index contributed by atoms with van der Waals surface area (Å²) in [7, 11) is 0. The van der Waals surface area contributed by atoms with Crippen LogP contribution in [0.5, 0.6) is 0 Å². The Balaban J connectivity index is 1.94. The van der Waals surface area contributed by atoms with Gasteiger partial charge in [0.05, 0.1) is 12.2 Å². The Labute approximate surface area is 103 Å². The second-order valence-electron chi connectivity index (χ2n) is 5.22. The minimum Gasteiger partial charge on any atom is -0.329 e. The van der Waals surface area contributed by atoms with E-state index >= 15 is 0 Å². The van der Waals surface area contributed by atoms with Gasteiger partial charge < -0.3 is 5.73 Å². The minimum absolute atomic E-state index is 0.611. The Morgan fingerprint density at radius 3 is 3.00 bits per heavy atom. The van der Waals surface area contributed by atoms with Crippen molar-refractivity contribution in [2.24, 2.45) is 11.7 Å². The Morgan fingerprint density at radius 2 is 2.24 bits per heavy atom. The van der Waals surface area contributed by atoms with Gasteiger partial charge in [0.15, 0.2) is 0 Å². The molecule has 0 bridgehead atoms. The SMILES string of the molecule is CC1CCC(C)N(Cc2cn(CCN)nn2)C1. The quantitative estimate of drug-likeness (QED) is 0.843. The normalized spacial score (nSPS) is 26.3. The molecule has 17 heavy (non-hydrogen) atoms. The minimum atomic E-state index is 0.611. The average Bonchev–Trinajstić information content (AvgIpc) is 2.72. The van der Waals surface area contributed by atoms with Crippen molar-refractivity contribution in [2.45, 2.75) is 45.8 Å². The predicted molar refractivity (Wildman–Crippen MR) is 67.3 cm³/mol. The molecule has 1 aliphatic rings. The van der Waals surface area contributed by atoms with E-state index in [2.05, 4.69) is 29.1 Å². The van der Waals surface area contributed by atoms with Crippen molar-refractivity contribution in [1.82, 2.24) is 19.9 Å². The highest BCUT2D eigenvalue weighted by atomic mass is 15.4. The summed E-state index contributed by atoms with van der Waals surface area (Å²) in [5, 5.41) is 8.28. The lowest BCUT2D eigenvalue weighted by Gasteiger charge is -2.36. The molecule has 5 nitrogen and oxygen atoms in total. The number of aromatic nitrogens is 3. The van der Waals surface area contributed by atoms with E-state index in [0.29, 0.717) is 12.6 Å². The first kappa shape index (κ1) is 12.5. The van der Waals surface area contributed by atoms with E-state index in [0.717, 1.165) is 24.7 Å². The number of rotatable bonds is 4. The van der Waals surface area contributed by atoms with Crippen LogP contribution in [0.2, 0.25) is 0 Å². The molecule has 2 atom stereocenters. The highest BCUT2D eigenvalue weighted by molar-refractivity contribution is 4.94. The lowest BCUT2D eigenvalue weighted by atomic mass is 9.95. The van der Waals surface area contributed by atoms with Crippen molar-refractivity contribution in [3.8, 4) is 0 Å². The highest BCUT2D eigenvalue weighted by Crippen LogP contribution is 2.22. The molecule has 0 spiro atoms.